The van der Waals surface area contributed by atoms with Gasteiger partial charge in [0.05, 0.1) is 18.6 Å². The third-order valence-corrected chi connectivity index (χ3v) is 5.60. The lowest BCUT2D eigenvalue weighted by Gasteiger charge is -2.47. The topological polar surface area (TPSA) is 29.5 Å². The van der Waals surface area contributed by atoms with Crippen LogP contribution in [0, 0.1) is 0 Å². The highest BCUT2D eigenvalue weighted by atomic mass is 35.5. The van der Waals surface area contributed by atoms with Crippen molar-refractivity contribution in [2.24, 2.45) is 0 Å². The molecular weight excluding hydrogens is 382 g/mol. The molecule has 1 aliphatic heterocycles. The number of hydrogen-bond acceptors (Lipinski definition) is 2. The summed E-state index contributed by atoms with van der Waals surface area (Å²) in [6.07, 6.45) is 2.15. The molecule has 0 bridgehead atoms. The molecule has 0 saturated carbocycles. The van der Waals surface area contributed by atoms with Crippen molar-refractivity contribution in [3.05, 3.63) is 95.0 Å². The quantitative estimate of drug-likeness (QED) is 0.336. The van der Waals surface area contributed by atoms with Crippen molar-refractivity contribution in [2.45, 2.75) is 31.7 Å². The molecule has 1 amide bonds. The minimum Gasteiger partial charge on any atom is -0.494 e. The fraction of sp³-hybridized carbons (Fsp3) is 0.240. The molecule has 1 heterocycles. The normalized spacial score (nSPS) is 18.4. The number of benzene rings is 3. The number of ether oxygens (including phenoxy) is 1. The van der Waals surface area contributed by atoms with Crippen LogP contribution in [0.25, 0.3) is 0 Å². The zero-order valence-electron chi connectivity index (χ0n) is 16.4. The number of carbonyl (C=O) groups excluding carboxylic acids is 1. The number of halogens is 1. The Balaban J connectivity index is 1.64. The first kappa shape index (κ1) is 19.5. The second-order valence-corrected chi connectivity index (χ2v) is 7.73. The van der Waals surface area contributed by atoms with E-state index in [1.54, 1.807) is 0 Å². The maximum Gasteiger partial charge on any atom is 0.237 e. The molecule has 148 valence electrons. The Morgan fingerprint density at radius 1 is 0.897 bits per heavy atom. The lowest BCUT2D eigenvalue weighted by molar-refractivity contribution is -0.126. The van der Waals surface area contributed by atoms with Crippen LogP contribution in [0.2, 0.25) is 5.02 Å². The summed E-state index contributed by atoms with van der Waals surface area (Å²) in [5, 5.41) is 0.659. The molecular formula is C25H24ClNO2. The molecule has 0 spiro atoms. The van der Waals surface area contributed by atoms with Crippen molar-refractivity contribution < 1.29 is 9.53 Å². The van der Waals surface area contributed by atoms with Crippen molar-refractivity contribution in [3.8, 4) is 5.75 Å². The molecule has 0 N–H and O–H groups in total. The van der Waals surface area contributed by atoms with Gasteiger partial charge in [0.25, 0.3) is 0 Å². The van der Waals surface area contributed by atoms with Crippen molar-refractivity contribution in [1.82, 2.24) is 0 Å². The summed E-state index contributed by atoms with van der Waals surface area (Å²) in [5.74, 6) is 0.771. The average Bonchev–Trinajstić information content (AvgIpc) is 2.75. The molecule has 1 fully saturated rings. The van der Waals surface area contributed by atoms with Gasteiger partial charge in [0.2, 0.25) is 5.91 Å². The highest BCUT2D eigenvalue weighted by Gasteiger charge is 2.49. The first-order valence-corrected chi connectivity index (χ1v) is 10.4. The summed E-state index contributed by atoms with van der Waals surface area (Å²) in [5.41, 5.74) is 2.99. The number of β-lactam (4-membered cyclic amide) rings is 1. The van der Waals surface area contributed by atoms with E-state index >= 15 is 0 Å². The Hall–Kier alpha value is -2.78. The molecule has 3 aromatic rings. The predicted octanol–water partition coefficient (Wildman–Crippen LogP) is 6.39. The van der Waals surface area contributed by atoms with E-state index in [1.807, 2.05) is 71.6 Å². The van der Waals surface area contributed by atoms with Gasteiger partial charge in [0.15, 0.2) is 0 Å². The Morgan fingerprint density at radius 2 is 1.59 bits per heavy atom. The van der Waals surface area contributed by atoms with Crippen LogP contribution in [-0.4, -0.2) is 12.5 Å². The van der Waals surface area contributed by atoms with Gasteiger partial charge in [-0.3, -0.25) is 4.79 Å². The summed E-state index contributed by atoms with van der Waals surface area (Å²) < 4.78 is 5.79. The zero-order chi connectivity index (χ0) is 20.2. The van der Waals surface area contributed by atoms with Gasteiger partial charge in [-0.05, 0) is 53.9 Å². The molecule has 2 atom stereocenters. The Bertz CT molecular complexity index is 954. The Kier molecular flexibility index (Phi) is 5.86. The third-order valence-electron chi connectivity index (χ3n) is 5.35. The van der Waals surface area contributed by atoms with Gasteiger partial charge in [-0.2, -0.15) is 0 Å². The lowest BCUT2D eigenvalue weighted by Crippen LogP contribution is -2.53. The van der Waals surface area contributed by atoms with Crippen LogP contribution in [0.4, 0.5) is 5.69 Å². The van der Waals surface area contributed by atoms with Crippen LogP contribution in [0.5, 0.6) is 5.75 Å². The minimum absolute atomic E-state index is 0.0595. The van der Waals surface area contributed by atoms with Gasteiger partial charge < -0.3 is 9.64 Å². The number of rotatable bonds is 7. The fourth-order valence-electron chi connectivity index (χ4n) is 3.80. The summed E-state index contributed by atoms with van der Waals surface area (Å²) in [4.78, 5) is 15.0. The van der Waals surface area contributed by atoms with E-state index in [2.05, 4.69) is 19.1 Å². The number of amides is 1. The van der Waals surface area contributed by atoms with Gasteiger partial charge in [0.1, 0.15) is 5.75 Å². The molecule has 3 nitrogen and oxygen atoms in total. The van der Waals surface area contributed by atoms with Crippen molar-refractivity contribution in [1.29, 1.82) is 0 Å². The fourth-order valence-corrected chi connectivity index (χ4v) is 3.93. The van der Waals surface area contributed by atoms with Crippen molar-refractivity contribution in [2.75, 3.05) is 11.5 Å². The maximum atomic E-state index is 13.1. The second kappa shape index (κ2) is 8.71. The Labute approximate surface area is 176 Å². The first-order chi connectivity index (χ1) is 14.2. The number of unbranched alkanes of at least 4 members (excludes halogenated alkanes) is 1. The van der Waals surface area contributed by atoms with E-state index < -0.39 is 0 Å². The number of anilines is 1. The van der Waals surface area contributed by atoms with Crippen LogP contribution >= 0.6 is 11.6 Å². The van der Waals surface area contributed by atoms with E-state index in [-0.39, 0.29) is 17.9 Å². The molecule has 1 saturated heterocycles. The number of carbonyl (C=O) groups is 1. The van der Waals surface area contributed by atoms with E-state index in [0.29, 0.717) is 5.02 Å². The van der Waals surface area contributed by atoms with Gasteiger partial charge in [-0.1, -0.05) is 67.4 Å². The molecule has 0 aliphatic carbocycles. The van der Waals surface area contributed by atoms with Crippen LogP contribution in [0.15, 0.2) is 78.9 Å². The van der Waals surface area contributed by atoms with Crippen LogP contribution in [0.3, 0.4) is 0 Å². The molecule has 0 radical (unpaired) electrons. The third kappa shape index (κ3) is 4.01. The molecule has 1 aliphatic rings. The van der Waals surface area contributed by atoms with Crippen molar-refractivity contribution in [3.63, 3.8) is 0 Å². The van der Waals surface area contributed by atoms with Gasteiger partial charge in [-0.25, -0.2) is 0 Å². The number of nitrogens with zero attached hydrogens (tertiary/aromatic N) is 1. The zero-order valence-corrected chi connectivity index (χ0v) is 17.2. The smallest absolute Gasteiger partial charge is 0.237 e. The molecule has 29 heavy (non-hydrogen) atoms. The van der Waals surface area contributed by atoms with E-state index in [0.717, 1.165) is 42.0 Å². The predicted molar refractivity (Wildman–Crippen MR) is 118 cm³/mol. The van der Waals surface area contributed by atoms with E-state index in [4.69, 9.17) is 16.3 Å². The summed E-state index contributed by atoms with van der Waals surface area (Å²) >= 11 is 6.04. The van der Waals surface area contributed by atoms with Gasteiger partial charge in [-0.15, -0.1) is 0 Å². The molecule has 4 rings (SSSR count). The highest BCUT2D eigenvalue weighted by Crippen LogP contribution is 2.49. The molecule has 4 heteroatoms. The number of hydrogen-bond donors (Lipinski definition) is 0. The SMILES string of the molecule is CCCCOc1ccc(C2C(c3ccccc3)C(=O)N2c2ccc(Cl)cc2)cc1. The summed E-state index contributed by atoms with van der Waals surface area (Å²) in [6.45, 7) is 2.87. The summed E-state index contributed by atoms with van der Waals surface area (Å²) in [7, 11) is 0. The van der Waals surface area contributed by atoms with Gasteiger partial charge >= 0.3 is 0 Å². The van der Waals surface area contributed by atoms with E-state index in [1.165, 1.54) is 0 Å². The lowest BCUT2D eigenvalue weighted by atomic mass is 9.77. The monoisotopic (exact) mass is 405 g/mol. The van der Waals surface area contributed by atoms with Crippen LogP contribution in [-0.2, 0) is 4.79 Å². The van der Waals surface area contributed by atoms with Crippen molar-refractivity contribution >= 4 is 23.2 Å². The van der Waals surface area contributed by atoms with Crippen LogP contribution < -0.4 is 9.64 Å². The minimum atomic E-state index is -0.196. The molecule has 2 unspecified atom stereocenters. The average molecular weight is 406 g/mol. The molecule has 3 aromatic carbocycles. The summed E-state index contributed by atoms with van der Waals surface area (Å²) in [6, 6.07) is 25.5. The van der Waals surface area contributed by atoms with E-state index in [9.17, 15) is 4.79 Å². The first-order valence-electron chi connectivity index (χ1n) is 10.1. The van der Waals surface area contributed by atoms with Crippen LogP contribution in [0.1, 0.15) is 42.9 Å². The second-order valence-electron chi connectivity index (χ2n) is 7.29. The Morgan fingerprint density at radius 3 is 2.24 bits per heavy atom. The standard InChI is InChI=1S/C25H24ClNO2/c1-2-3-17-29-22-15-9-19(10-16-22)24-23(18-7-5-4-6-8-18)25(28)27(24)21-13-11-20(26)12-14-21/h4-16,23-24H,2-3,17H2,1H3. The van der Waals surface area contributed by atoms with Gasteiger partial charge in [0, 0.05) is 10.7 Å². The maximum absolute atomic E-state index is 13.1. The molecule has 0 aromatic heterocycles. The highest BCUT2D eigenvalue weighted by molar-refractivity contribution is 6.30. The largest absolute Gasteiger partial charge is 0.494 e.